The maximum Gasteiger partial charge on any atom is 0.328 e. The van der Waals surface area contributed by atoms with Crippen molar-refractivity contribution in [2.75, 3.05) is 6.61 Å². The van der Waals surface area contributed by atoms with Crippen molar-refractivity contribution in [2.24, 2.45) is 0 Å². The lowest BCUT2D eigenvalue weighted by Gasteiger charge is -2.10. The van der Waals surface area contributed by atoms with Crippen LogP contribution in [-0.4, -0.2) is 39.7 Å². The third-order valence-corrected chi connectivity index (χ3v) is 4.37. The van der Waals surface area contributed by atoms with Crippen LogP contribution in [-0.2, 0) is 16.0 Å². The number of aliphatic carboxylic acids is 1. The zero-order valence-corrected chi connectivity index (χ0v) is 11.9. The summed E-state index contributed by atoms with van der Waals surface area (Å²) in [4.78, 5) is 27.7. The van der Waals surface area contributed by atoms with Gasteiger partial charge in [-0.15, -0.1) is 22.7 Å². The van der Waals surface area contributed by atoms with Crippen LogP contribution in [0.15, 0.2) is 22.9 Å². The van der Waals surface area contributed by atoms with Gasteiger partial charge in [-0.05, 0) is 11.4 Å². The third-order valence-electron chi connectivity index (χ3n) is 2.44. The molecular formula is C12H12N2O4S2. The van der Waals surface area contributed by atoms with Crippen molar-refractivity contribution in [3.8, 4) is 9.88 Å². The van der Waals surface area contributed by atoms with Crippen molar-refractivity contribution in [1.82, 2.24) is 10.3 Å². The van der Waals surface area contributed by atoms with Gasteiger partial charge in [0.2, 0.25) is 5.91 Å². The number of carboxylic acid groups (broad SMARTS) is 1. The highest BCUT2D eigenvalue weighted by molar-refractivity contribution is 7.20. The van der Waals surface area contributed by atoms with Crippen molar-refractivity contribution in [3.05, 3.63) is 28.6 Å². The van der Waals surface area contributed by atoms with Gasteiger partial charge in [-0.1, -0.05) is 6.07 Å². The maximum absolute atomic E-state index is 11.7. The highest BCUT2D eigenvalue weighted by Crippen LogP contribution is 2.27. The Hall–Kier alpha value is -1.77. The summed E-state index contributed by atoms with van der Waals surface area (Å²) in [7, 11) is 0. The number of aliphatic hydroxyl groups excluding tert-OH is 1. The molecule has 8 heteroatoms. The zero-order valence-electron chi connectivity index (χ0n) is 10.3. The monoisotopic (exact) mass is 312 g/mol. The molecule has 20 heavy (non-hydrogen) atoms. The SMILES string of the molecule is O=C(Cc1csc(-c2cccs2)n1)N[C@@H](CO)C(=O)O. The Morgan fingerprint density at radius 3 is 2.80 bits per heavy atom. The number of aromatic nitrogens is 1. The summed E-state index contributed by atoms with van der Waals surface area (Å²) in [5.41, 5.74) is 0.581. The summed E-state index contributed by atoms with van der Waals surface area (Å²) >= 11 is 3.00. The zero-order chi connectivity index (χ0) is 14.5. The van der Waals surface area contributed by atoms with Crippen molar-refractivity contribution in [3.63, 3.8) is 0 Å². The minimum atomic E-state index is -1.28. The number of carboxylic acids is 1. The van der Waals surface area contributed by atoms with Crippen LogP contribution in [0.2, 0.25) is 0 Å². The predicted octanol–water partition coefficient (Wildman–Crippen LogP) is 0.976. The first-order chi connectivity index (χ1) is 9.60. The second-order valence-corrected chi connectivity index (χ2v) is 5.74. The van der Waals surface area contributed by atoms with E-state index in [0.29, 0.717) is 5.69 Å². The topological polar surface area (TPSA) is 99.5 Å². The normalized spacial score (nSPS) is 12.1. The molecule has 0 aliphatic carbocycles. The first-order valence-corrected chi connectivity index (χ1v) is 7.47. The summed E-state index contributed by atoms with van der Waals surface area (Å²) in [5, 5.41) is 24.3. The summed E-state index contributed by atoms with van der Waals surface area (Å²) in [6.45, 7) is -0.640. The third kappa shape index (κ3) is 3.62. The Balaban J connectivity index is 1.97. The van der Waals surface area contributed by atoms with E-state index in [0.717, 1.165) is 9.88 Å². The molecule has 0 unspecified atom stereocenters. The predicted molar refractivity (Wildman–Crippen MR) is 75.8 cm³/mol. The lowest BCUT2D eigenvalue weighted by atomic mass is 10.2. The summed E-state index contributed by atoms with van der Waals surface area (Å²) in [6.07, 6.45) is -0.00828. The fourth-order valence-electron chi connectivity index (χ4n) is 1.50. The molecule has 3 N–H and O–H groups in total. The van der Waals surface area contributed by atoms with Crippen molar-refractivity contribution in [1.29, 1.82) is 0 Å². The molecule has 0 fully saturated rings. The Morgan fingerprint density at radius 1 is 1.40 bits per heavy atom. The quantitative estimate of drug-likeness (QED) is 0.738. The van der Waals surface area contributed by atoms with Crippen molar-refractivity contribution in [2.45, 2.75) is 12.5 Å². The first kappa shape index (κ1) is 14.6. The van der Waals surface area contributed by atoms with Gasteiger partial charge in [0.05, 0.1) is 23.6 Å². The molecule has 0 aromatic carbocycles. The molecule has 2 heterocycles. The number of aliphatic hydroxyl groups is 1. The van der Waals surface area contributed by atoms with Crippen LogP contribution in [0.4, 0.5) is 0 Å². The van der Waals surface area contributed by atoms with E-state index in [9.17, 15) is 9.59 Å². The van der Waals surface area contributed by atoms with Gasteiger partial charge in [0.15, 0.2) is 0 Å². The number of nitrogens with zero attached hydrogens (tertiary/aromatic N) is 1. The van der Waals surface area contributed by atoms with E-state index in [4.69, 9.17) is 10.2 Å². The van der Waals surface area contributed by atoms with E-state index in [1.165, 1.54) is 11.3 Å². The summed E-state index contributed by atoms with van der Waals surface area (Å²) in [5.74, 6) is -1.74. The van der Waals surface area contributed by atoms with Crippen LogP contribution in [0.1, 0.15) is 5.69 Å². The number of hydrogen-bond donors (Lipinski definition) is 3. The highest BCUT2D eigenvalue weighted by Gasteiger charge is 2.19. The van der Waals surface area contributed by atoms with Crippen LogP contribution >= 0.6 is 22.7 Å². The molecule has 1 amide bonds. The number of amides is 1. The van der Waals surface area contributed by atoms with E-state index >= 15 is 0 Å². The van der Waals surface area contributed by atoms with Gasteiger partial charge in [0.25, 0.3) is 0 Å². The number of nitrogens with one attached hydrogen (secondary N) is 1. The fraction of sp³-hybridized carbons (Fsp3) is 0.250. The van der Waals surface area contributed by atoms with Gasteiger partial charge >= 0.3 is 5.97 Å². The van der Waals surface area contributed by atoms with Crippen molar-refractivity contribution >= 4 is 34.6 Å². The molecule has 0 spiro atoms. The smallest absolute Gasteiger partial charge is 0.328 e. The van der Waals surface area contributed by atoms with Gasteiger partial charge < -0.3 is 15.5 Å². The second kappa shape index (κ2) is 6.60. The van der Waals surface area contributed by atoms with Gasteiger partial charge in [-0.25, -0.2) is 9.78 Å². The van der Waals surface area contributed by atoms with E-state index < -0.39 is 24.5 Å². The number of carbonyl (C=O) groups excluding carboxylic acids is 1. The number of rotatable bonds is 6. The molecule has 6 nitrogen and oxygen atoms in total. The summed E-state index contributed by atoms with van der Waals surface area (Å²) in [6, 6.07) is 2.59. The largest absolute Gasteiger partial charge is 0.480 e. The minimum absolute atomic E-state index is 0.00828. The van der Waals surface area contributed by atoms with Gasteiger partial charge in [-0.3, -0.25) is 4.79 Å². The van der Waals surface area contributed by atoms with E-state index in [1.54, 1.807) is 16.7 Å². The van der Waals surface area contributed by atoms with Crippen LogP contribution in [0.5, 0.6) is 0 Å². The Labute approximate surface area is 122 Å². The molecule has 2 aromatic rings. The Kier molecular flexibility index (Phi) is 4.83. The molecule has 0 saturated heterocycles. The molecule has 2 aromatic heterocycles. The molecule has 0 aliphatic rings. The number of carbonyl (C=O) groups is 2. The van der Waals surface area contributed by atoms with Crippen LogP contribution in [0.3, 0.4) is 0 Å². The van der Waals surface area contributed by atoms with Crippen molar-refractivity contribution < 1.29 is 19.8 Å². The molecule has 106 valence electrons. The molecule has 2 rings (SSSR count). The molecule has 0 bridgehead atoms. The number of thiazole rings is 1. The molecule has 0 saturated carbocycles. The minimum Gasteiger partial charge on any atom is -0.480 e. The van der Waals surface area contributed by atoms with E-state index in [2.05, 4.69) is 10.3 Å². The van der Waals surface area contributed by atoms with Gasteiger partial charge in [-0.2, -0.15) is 0 Å². The van der Waals surface area contributed by atoms with Gasteiger partial charge in [0, 0.05) is 5.38 Å². The van der Waals surface area contributed by atoms with Gasteiger partial charge in [0.1, 0.15) is 11.0 Å². The molecule has 1 atom stereocenters. The first-order valence-electron chi connectivity index (χ1n) is 5.71. The molecule has 0 aliphatic heterocycles. The van der Waals surface area contributed by atoms with Crippen LogP contribution in [0, 0.1) is 0 Å². The molecule has 0 radical (unpaired) electrons. The Morgan fingerprint density at radius 2 is 2.20 bits per heavy atom. The lowest BCUT2D eigenvalue weighted by Crippen LogP contribution is -2.43. The van der Waals surface area contributed by atoms with E-state index in [1.807, 2.05) is 17.5 Å². The maximum atomic E-state index is 11.7. The lowest BCUT2D eigenvalue weighted by molar-refractivity contribution is -0.142. The average molecular weight is 312 g/mol. The summed E-state index contributed by atoms with van der Waals surface area (Å²) < 4.78 is 0. The highest BCUT2D eigenvalue weighted by atomic mass is 32.1. The van der Waals surface area contributed by atoms with E-state index in [-0.39, 0.29) is 6.42 Å². The fourth-order valence-corrected chi connectivity index (χ4v) is 3.13. The standard InChI is InChI=1S/C12H12N2O4S2/c15-5-8(12(17)18)14-10(16)4-7-6-20-11(13-7)9-2-1-3-19-9/h1-3,6,8,15H,4-5H2,(H,14,16)(H,17,18)/t8-/m0/s1. The molecular weight excluding hydrogens is 300 g/mol. The second-order valence-electron chi connectivity index (χ2n) is 3.94. The van der Waals surface area contributed by atoms with Crippen LogP contribution < -0.4 is 5.32 Å². The number of thiophene rings is 1. The number of hydrogen-bond acceptors (Lipinski definition) is 6. The Bertz CT molecular complexity index is 594. The van der Waals surface area contributed by atoms with Crippen LogP contribution in [0.25, 0.3) is 9.88 Å². The average Bonchev–Trinajstić information content (AvgIpc) is 3.05.